The lowest BCUT2D eigenvalue weighted by Crippen LogP contribution is -2.32. The number of carbonyl (C=O) groups excluding carboxylic acids is 1. The Hall–Kier alpha value is -2.61. The van der Waals surface area contributed by atoms with Crippen LogP contribution >= 0.6 is 0 Å². The predicted molar refractivity (Wildman–Crippen MR) is 101 cm³/mol. The van der Waals surface area contributed by atoms with E-state index < -0.39 is 9.84 Å². The summed E-state index contributed by atoms with van der Waals surface area (Å²) < 4.78 is 28.5. The third kappa shape index (κ3) is 3.96. The van der Waals surface area contributed by atoms with Crippen molar-refractivity contribution in [2.45, 2.75) is 12.5 Å². The highest BCUT2D eigenvalue weighted by Crippen LogP contribution is 2.24. The fraction of sp³-hybridized carbons (Fsp3) is 0.333. The average molecular weight is 375 g/mol. The minimum atomic E-state index is -2.94. The Labute approximate surface area is 152 Å². The van der Waals surface area contributed by atoms with E-state index in [4.69, 9.17) is 4.74 Å². The van der Waals surface area contributed by atoms with E-state index in [1.807, 2.05) is 18.0 Å². The summed E-state index contributed by atoms with van der Waals surface area (Å²) in [5, 5.41) is 2.74. The monoisotopic (exact) mass is 375 g/mol. The smallest absolute Gasteiger partial charge is 0.260 e. The topological polar surface area (TPSA) is 88.6 Å². The molecule has 8 heteroatoms. The van der Waals surface area contributed by atoms with Crippen LogP contribution in [-0.4, -0.2) is 51.0 Å². The second-order valence-corrected chi connectivity index (χ2v) is 8.45. The van der Waals surface area contributed by atoms with Crippen LogP contribution in [-0.2, 0) is 9.84 Å². The second-order valence-electron chi connectivity index (χ2n) is 6.22. The lowest BCUT2D eigenvalue weighted by molar-refractivity contribution is 0.102. The Morgan fingerprint density at radius 1 is 1.27 bits per heavy atom. The van der Waals surface area contributed by atoms with E-state index in [0.29, 0.717) is 23.6 Å². The molecule has 1 N–H and O–H groups in total. The first-order valence-electron chi connectivity index (χ1n) is 8.23. The van der Waals surface area contributed by atoms with E-state index in [1.165, 1.54) is 7.11 Å². The summed E-state index contributed by atoms with van der Waals surface area (Å²) in [7, 11) is 0.428. The third-order valence-corrected chi connectivity index (χ3v) is 6.25. The zero-order valence-corrected chi connectivity index (χ0v) is 15.5. The minimum Gasteiger partial charge on any atom is -0.496 e. The summed E-state index contributed by atoms with van der Waals surface area (Å²) in [6.07, 6.45) is 2.24. The highest BCUT2D eigenvalue weighted by Gasteiger charge is 2.30. The molecule has 7 nitrogen and oxygen atoms in total. The molecule has 1 aromatic carbocycles. The summed E-state index contributed by atoms with van der Waals surface area (Å²) in [4.78, 5) is 18.6. The predicted octanol–water partition coefficient (Wildman–Crippen LogP) is 1.97. The number of benzene rings is 1. The lowest BCUT2D eigenvalue weighted by Gasteiger charge is -2.25. The van der Waals surface area contributed by atoms with Crippen molar-refractivity contribution in [3.05, 3.63) is 48.2 Å². The normalized spacial score (nSPS) is 18.3. The first-order valence-corrected chi connectivity index (χ1v) is 10.1. The first kappa shape index (κ1) is 18.2. The van der Waals surface area contributed by atoms with Gasteiger partial charge in [0, 0.05) is 13.1 Å². The van der Waals surface area contributed by atoms with Gasteiger partial charge in [0.25, 0.3) is 5.91 Å². The van der Waals surface area contributed by atoms with Crippen molar-refractivity contribution in [1.82, 2.24) is 4.98 Å². The van der Waals surface area contributed by atoms with Crippen molar-refractivity contribution in [2.75, 3.05) is 35.9 Å². The zero-order chi connectivity index (χ0) is 18.7. The molecule has 1 aliphatic heterocycles. The van der Waals surface area contributed by atoms with Crippen molar-refractivity contribution in [1.29, 1.82) is 0 Å². The number of nitrogens with one attached hydrogen (secondary N) is 1. The van der Waals surface area contributed by atoms with Crippen molar-refractivity contribution >= 4 is 27.2 Å². The van der Waals surface area contributed by atoms with Gasteiger partial charge in [0.2, 0.25) is 0 Å². The molecule has 1 aliphatic rings. The lowest BCUT2D eigenvalue weighted by atomic mass is 10.2. The number of carbonyl (C=O) groups is 1. The van der Waals surface area contributed by atoms with Crippen LogP contribution in [0.15, 0.2) is 42.6 Å². The van der Waals surface area contributed by atoms with Gasteiger partial charge in [-0.25, -0.2) is 13.4 Å². The maximum atomic E-state index is 12.4. The number of para-hydroxylation sites is 1. The van der Waals surface area contributed by atoms with Crippen LogP contribution in [0.5, 0.6) is 5.75 Å². The van der Waals surface area contributed by atoms with Crippen LogP contribution in [0.1, 0.15) is 16.8 Å². The number of sulfone groups is 1. The molecular weight excluding hydrogens is 354 g/mol. The molecule has 2 aromatic rings. The number of nitrogens with zero attached hydrogens (tertiary/aromatic N) is 2. The van der Waals surface area contributed by atoms with E-state index in [1.54, 1.807) is 36.5 Å². The molecule has 0 saturated carbocycles. The molecule has 1 amide bonds. The van der Waals surface area contributed by atoms with Gasteiger partial charge >= 0.3 is 0 Å². The number of rotatable bonds is 5. The molecule has 1 aromatic heterocycles. The molecule has 0 spiro atoms. The maximum absolute atomic E-state index is 12.4. The molecule has 26 heavy (non-hydrogen) atoms. The van der Waals surface area contributed by atoms with Gasteiger partial charge in [-0.15, -0.1) is 0 Å². The third-order valence-electron chi connectivity index (χ3n) is 4.50. The Balaban J connectivity index is 1.69. The molecular formula is C18H21N3O4S. The summed E-state index contributed by atoms with van der Waals surface area (Å²) in [6.45, 7) is 0. The number of aromatic nitrogens is 1. The SMILES string of the molecule is COc1ccccc1C(=O)Nc1ccc(N(C)C2CCS(=O)(=O)C2)cn1. The van der Waals surface area contributed by atoms with Gasteiger partial charge in [0.15, 0.2) is 9.84 Å². The largest absolute Gasteiger partial charge is 0.496 e. The molecule has 2 heterocycles. The number of amides is 1. The number of ether oxygens (including phenoxy) is 1. The number of pyridine rings is 1. The van der Waals surface area contributed by atoms with Gasteiger partial charge in [0.1, 0.15) is 11.6 Å². The van der Waals surface area contributed by atoms with Crippen LogP contribution < -0.4 is 15.0 Å². The Morgan fingerprint density at radius 3 is 2.65 bits per heavy atom. The summed E-state index contributed by atoms with van der Waals surface area (Å²) in [5.41, 5.74) is 1.23. The number of anilines is 2. The van der Waals surface area contributed by atoms with Crippen LogP contribution in [0.3, 0.4) is 0 Å². The fourth-order valence-electron chi connectivity index (χ4n) is 2.98. The number of hydrogen-bond donors (Lipinski definition) is 1. The van der Waals surface area contributed by atoms with E-state index in [9.17, 15) is 13.2 Å². The van der Waals surface area contributed by atoms with Crippen molar-refractivity contribution < 1.29 is 17.9 Å². The Kier molecular flexibility index (Phi) is 5.13. The number of methoxy groups -OCH3 is 1. The van der Waals surface area contributed by atoms with E-state index in [-0.39, 0.29) is 23.5 Å². The Bertz CT molecular complexity index is 897. The molecule has 1 unspecified atom stereocenters. The molecule has 0 bridgehead atoms. The molecule has 3 rings (SSSR count). The highest BCUT2D eigenvalue weighted by atomic mass is 32.2. The molecule has 1 saturated heterocycles. The zero-order valence-electron chi connectivity index (χ0n) is 14.7. The van der Waals surface area contributed by atoms with E-state index in [0.717, 1.165) is 5.69 Å². The second kappa shape index (κ2) is 7.33. The summed E-state index contributed by atoms with van der Waals surface area (Å²) >= 11 is 0. The van der Waals surface area contributed by atoms with Crippen LogP contribution in [0.2, 0.25) is 0 Å². The molecule has 0 aliphatic carbocycles. The number of hydrogen-bond acceptors (Lipinski definition) is 6. The fourth-order valence-corrected chi connectivity index (χ4v) is 4.75. The van der Waals surface area contributed by atoms with E-state index in [2.05, 4.69) is 10.3 Å². The van der Waals surface area contributed by atoms with Crippen molar-refractivity contribution in [3.63, 3.8) is 0 Å². The molecule has 1 atom stereocenters. The Morgan fingerprint density at radius 2 is 2.04 bits per heavy atom. The van der Waals surface area contributed by atoms with Gasteiger partial charge in [-0.1, -0.05) is 12.1 Å². The highest BCUT2D eigenvalue weighted by molar-refractivity contribution is 7.91. The van der Waals surface area contributed by atoms with E-state index >= 15 is 0 Å². The standard InChI is InChI=1S/C18H21N3O4S/c1-21(14-9-10-26(23,24)12-14)13-7-8-17(19-11-13)20-18(22)15-5-3-4-6-16(15)25-2/h3-8,11,14H,9-10,12H2,1-2H3,(H,19,20,22). The maximum Gasteiger partial charge on any atom is 0.260 e. The quantitative estimate of drug-likeness (QED) is 0.859. The molecule has 138 valence electrons. The van der Waals surface area contributed by atoms with Crippen molar-refractivity contribution in [3.8, 4) is 5.75 Å². The molecule has 0 radical (unpaired) electrons. The van der Waals surface area contributed by atoms with Gasteiger partial charge in [-0.05, 0) is 30.7 Å². The van der Waals surface area contributed by atoms with Gasteiger partial charge < -0.3 is 15.0 Å². The van der Waals surface area contributed by atoms with Gasteiger partial charge in [-0.2, -0.15) is 0 Å². The van der Waals surface area contributed by atoms with Crippen LogP contribution in [0.25, 0.3) is 0 Å². The van der Waals surface area contributed by atoms with Gasteiger partial charge in [-0.3, -0.25) is 4.79 Å². The minimum absolute atomic E-state index is 0.0455. The van der Waals surface area contributed by atoms with Crippen molar-refractivity contribution in [2.24, 2.45) is 0 Å². The van der Waals surface area contributed by atoms with Gasteiger partial charge in [0.05, 0.1) is 36.1 Å². The summed E-state index contributed by atoms with van der Waals surface area (Å²) in [6, 6.07) is 10.4. The summed E-state index contributed by atoms with van der Waals surface area (Å²) in [5.74, 6) is 0.983. The van der Waals surface area contributed by atoms with Crippen LogP contribution in [0, 0.1) is 0 Å². The first-order chi connectivity index (χ1) is 12.4. The van der Waals surface area contributed by atoms with Crippen LogP contribution in [0.4, 0.5) is 11.5 Å². The average Bonchev–Trinajstić information content (AvgIpc) is 3.01. The molecule has 1 fully saturated rings.